The first-order chi connectivity index (χ1) is 5.33. The number of hydrogen-bond acceptors (Lipinski definition) is 4. The van der Waals surface area contributed by atoms with Gasteiger partial charge in [-0.1, -0.05) is 0 Å². The van der Waals surface area contributed by atoms with Crippen molar-refractivity contribution >= 4 is 0 Å². The van der Waals surface area contributed by atoms with E-state index in [9.17, 15) is 5.11 Å². The summed E-state index contributed by atoms with van der Waals surface area (Å²) in [4.78, 5) is 0. The van der Waals surface area contributed by atoms with Gasteiger partial charge in [-0.2, -0.15) is 0 Å². The number of ether oxygens (including phenoxy) is 3. The monoisotopic (exact) mass is 160 g/mol. The predicted molar refractivity (Wildman–Crippen MR) is 36.3 cm³/mol. The van der Waals surface area contributed by atoms with Crippen LogP contribution in [0.4, 0.5) is 0 Å². The third-order valence-corrected chi connectivity index (χ3v) is 2.14. The van der Waals surface area contributed by atoms with Crippen molar-refractivity contribution in [1.29, 1.82) is 0 Å². The lowest BCUT2D eigenvalue weighted by atomic mass is 10.1. The van der Waals surface area contributed by atoms with E-state index in [4.69, 9.17) is 14.2 Å². The van der Waals surface area contributed by atoms with Crippen molar-refractivity contribution in [3.8, 4) is 0 Å². The van der Waals surface area contributed by atoms with Gasteiger partial charge in [0.2, 0.25) is 0 Å². The van der Waals surface area contributed by atoms with Crippen molar-refractivity contribution in [2.75, 3.05) is 20.3 Å². The zero-order chi connectivity index (χ0) is 7.84. The van der Waals surface area contributed by atoms with Gasteiger partial charge in [-0.05, 0) is 0 Å². The first-order valence-corrected chi connectivity index (χ1v) is 3.77. The van der Waals surface area contributed by atoms with Crippen molar-refractivity contribution in [3.05, 3.63) is 0 Å². The second-order valence-corrected chi connectivity index (χ2v) is 2.96. The molecule has 2 fully saturated rings. The van der Waals surface area contributed by atoms with Crippen molar-refractivity contribution in [2.45, 2.75) is 24.4 Å². The lowest BCUT2D eigenvalue weighted by Crippen LogP contribution is -2.42. The number of epoxide rings is 1. The van der Waals surface area contributed by atoms with Crippen LogP contribution in [0.15, 0.2) is 0 Å². The Balaban J connectivity index is 1.89. The van der Waals surface area contributed by atoms with Crippen LogP contribution in [-0.4, -0.2) is 49.8 Å². The van der Waals surface area contributed by atoms with Gasteiger partial charge >= 0.3 is 0 Å². The van der Waals surface area contributed by atoms with Crippen LogP contribution in [0.5, 0.6) is 0 Å². The summed E-state index contributed by atoms with van der Waals surface area (Å²) >= 11 is 0. The lowest BCUT2D eigenvalue weighted by molar-refractivity contribution is -0.0879. The molecule has 0 bridgehead atoms. The molecule has 11 heavy (non-hydrogen) atoms. The van der Waals surface area contributed by atoms with Crippen LogP contribution < -0.4 is 0 Å². The molecule has 0 saturated carbocycles. The molecular weight excluding hydrogens is 148 g/mol. The van der Waals surface area contributed by atoms with Crippen molar-refractivity contribution in [3.63, 3.8) is 0 Å². The standard InChI is InChI=1S/C7H12O4/c1-9-2-4-6(8)7-5(11-7)3-10-4/h4-8H,2-3H2,1H3/t4-,5+,6-,7+/m1/s1. The molecule has 0 radical (unpaired) electrons. The van der Waals surface area contributed by atoms with E-state index < -0.39 is 6.10 Å². The average Bonchev–Trinajstić information content (AvgIpc) is 2.75. The topological polar surface area (TPSA) is 51.2 Å². The van der Waals surface area contributed by atoms with E-state index in [2.05, 4.69) is 0 Å². The highest BCUT2D eigenvalue weighted by atomic mass is 16.6. The third-order valence-electron chi connectivity index (χ3n) is 2.14. The van der Waals surface area contributed by atoms with Crippen molar-refractivity contribution < 1.29 is 19.3 Å². The minimum absolute atomic E-state index is 0.00361. The molecule has 2 heterocycles. The van der Waals surface area contributed by atoms with E-state index in [1.165, 1.54) is 0 Å². The Morgan fingerprint density at radius 2 is 2.45 bits per heavy atom. The molecule has 2 aliphatic heterocycles. The molecule has 2 rings (SSSR count). The highest BCUT2D eigenvalue weighted by Crippen LogP contribution is 2.32. The molecule has 4 nitrogen and oxygen atoms in total. The first-order valence-electron chi connectivity index (χ1n) is 3.77. The second-order valence-electron chi connectivity index (χ2n) is 2.96. The van der Waals surface area contributed by atoms with E-state index in [1.54, 1.807) is 7.11 Å². The average molecular weight is 160 g/mol. The van der Waals surface area contributed by atoms with Crippen LogP contribution in [0.3, 0.4) is 0 Å². The molecule has 0 spiro atoms. The lowest BCUT2D eigenvalue weighted by Gasteiger charge is -2.24. The minimum atomic E-state index is -0.506. The number of fused-ring (bicyclic) bond motifs is 1. The van der Waals surface area contributed by atoms with Crippen LogP contribution in [0, 0.1) is 0 Å². The van der Waals surface area contributed by atoms with Crippen LogP contribution >= 0.6 is 0 Å². The summed E-state index contributed by atoms with van der Waals surface area (Å²) in [6.07, 6.45) is -0.570. The van der Waals surface area contributed by atoms with Crippen LogP contribution in [0.1, 0.15) is 0 Å². The van der Waals surface area contributed by atoms with Crippen LogP contribution in [-0.2, 0) is 14.2 Å². The highest BCUT2D eigenvalue weighted by molar-refractivity contribution is 4.98. The number of methoxy groups -OCH3 is 1. The molecule has 64 valence electrons. The molecule has 4 atom stereocenters. The summed E-state index contributed by atoms with van der Waals surface area (Å²) in [5.74, 6) is 0. The largest absolute Gasteiger partial charge is 0.387 e. The van der Waals surface area contributed by atoms with Gasteiger partial charge in [0.25, 0.3) is 0 Å². The molecule has 0 aromatic rings. The van der Waals surface area contributed by atoms with Crippen molar-refractivity contribution in [1.82, 2.24) is 0 Å². The molecule has 0 aromatic heterocycles. The van der Waals surface area contributed by atoms with Gasteiger partial charge in [-0.15, -0.1) is 0 Å². The van der Waals surface area contributed by atoms with Gasteiger partial charge in [0.1, 0.15) is 24.4 Å². The zero-order valence-electron chi connectivity index (χ0n) is 6.40. The molecule has 2 saturated heterocycles. The maximum atomic E-state index is 9.48. The fraction of sp³-hybridized carbons (Fsp3) is 1.00. The summed E-state index contributed by atoms with van der Waals surface area (Å²) in [6.45, 7) is 1.03. The molecule has 0 aliphatic carbocycles. The number of hydrogen-bond donors (Lipinski definition) is 1. The summed E-state index contributed by atoms with van der Waals surface area (Å²) in [6, 6.07) is 0. The van der Waals surface area contributed by atoms with Crippen molar-refractivity contribution in [2.24, 2.45) is 0 Å². The second kappa shape index (κ2) is 2.71. The van der Waals surface area contributed by atoms with E-state index in [-0.39, 0.29) is 18.3 Å². The predicted octanol–water partition coefficient (Wildman–Crippen LogP) is -0.840. The Labute approximate surface area is 65.1 Å². The normalized spacial score (nSPS) is 48.5. The molecule has 2 aliphatic rings. The van der Waals surface area contributed by atoms with Crippen LogP contribution in [0.2, 0.25) is 0 Å². The highest BCUT2D eigenvalue weighted by Gasteiger charge is 2.51. The molecular formula is C7H12O4. The van der Waals surface area contributed by atoms with Gasteiger partial charge in [-0.25, -0.2) is 0 Å². The molecule has 0 amide bonds. The third kappa shape index (κ3) is 1.27. The Morgan fingerprint density at radius 3 is 3.18 bits per heavy atom. The summed E-state index contributed by atoms with van der Waals surface area (Å²) in [5.41, 5.74) is 0. The maximum absolute atomic E-state index is 9.48. The Bertz CT molecular complexity index is 149. The Kier molecular flexibility index (Phi) is 1.85. The fourth-order valence-electron chi connectivity index (χ4n) is 1.43. The summed E-state index contributed by atoms with van der Waals surface area (Å²) in [5, 5.41) is 9.48. The SMILES string of the molecule is COC[C@H]1OC[C@@H]2O[C@@H]2[C@@H]1O. The fourth-order valence-corrected chi connectivity index (χ4v) is 1.43. The molecule has 0 unspecified atom stereocenters. The van der Waals surface area contributed by atoms with Gasteiger partial charge in [0.05, 0.1) is 13.2 Å². The van der Waals surface area contributed by atoms with Gasteiger partial charge < -0.3 is 19.3 Å². The molecule has 0 aromatic carbocycles. The number of aliphatic hydroxyl groups is 1. The van der Waals surface area contributed by atoms with Gasteiger partial charge in [0.15, 0.2) is 0 Å². The quantitative estimate of drug-likeness (QED) is 0.535. The zero-order valence-corrected chi connectivity index (χ0v) is 6.40. The van der Waals surface area contributed by atoms with E-state index in [1.807, 2.05) is 0 Å². The number of aliphatic hydroxyl groups excluding tert-OH is 1. The number of rotatable bonds is 2. The molecule has 4 heteroatoms. The van der Waals surface area contributed by atoms with Crippen LogP contribution in [0.25, 0.3) is 0 Å². The Hall–Kier alpha value is -0.160. The van der Waals surface area contributed by atoms with E-state index in [0.29, 0.717) is 13.2 Å². The van der Waals surface area contributed by atoms with E-state index in [0.717, 1.165) is 0 Å². The molecule has 1 N–H and O–H groups in total. The maximum Gasteiger partial charge on any atom is 0.115 e. The summed E-state index contributed by atoms with van der Waals surface area (Å²) in [7, 11) is 1.59. The Morgan fingerprint density at radius 1 is 1.64 bits per heavy atom. The summed E-state index contributed by atoms with van der Waals surface area (Å²) < 4.78 is 15.3. The van der Waals surface area contributed by atoms with Gasteiger partial charge in [0, 0.05) is 7.11 Å². The smallest absolute Gasteiger partial charge is 0.115 e. The first kappa shape index (κ1) is 7.49. The van der Waals surface area contributed by atoms with E-state index >= 15 is 0 Å². The van der Waals surface area contributed by atoms with Gasteiger partial charge in [-0.3, -0.25) is 0 Å². The minimum Gasteiger partial charge on any atom is -0.387 e.